The Morgan fingerprint density at radius 1 is 1.25 bits per heavy atom. The van der Waals surface area contributed by atoms with Crippen LogP contribution >= 0.6 is 0 Å². The zero-order chi connectivity index (χ0) is 7.97. The molecule has 0 saturated carbocycles. The first-order valence-corrected chi connectivity index (χ1v) is 5.17. The second-order valence-corrected chi connectivity index (χ2v) is 4.07. The third kappa shape index (κ3) is 0.680. The van der Waals surface area contributed by atoms with Crippen LogP contribution in [0.25, 0.3) is 15.6 Å². The Hall–Kier alpha value is -1.26. The summed E-state index contributed by atoms with van der Waals surface area (Å²) in [5.74, 6) is 0. The van der Waals surface area contributed by atoms with Crippen molar-refractivity contribution in [1.29, 1.82) is 0 Å². The van der Waals surface area contributed by atoms with Crippen LogP contribution in [0.5, 0.6) is 0 Å². The summed E-state index contributed by atoms with van der Waals surface area (Å²) >= 11 is 0.276. The maximum atomic E-state index is 4.14. The molecule has 0 spiro atoms. The van der Waals surface area contributed by atoms with Gasteiger partial charge in [-0.2, -0.15) is 0 Å². The molecule has 0 atom stereocenters. The van der Waals surface area contributed by atoms with Gasteiger partial charge in [0.2, 0.25) is 0 Å². The van der Waals surface area contributed by atoms with Crippen molar-refractivity contribution in [1.82, 2.24) is 24.6 Å². The van der Waals surface area contributed by atoms with Crippen LogP contribution in [0.15, 0.2) is 17.7 Å². The average Bonchev–Trinajstić information content (AvgIpc) is 2.71. The van der Waals surface area contributed by atoms with Crippen LogP contribution in [0, 0.1) is 0 Å². The summed E-state index contributed by atoms with van der Waals surface area (Å²) in [7, 11) is 0. The van der Waals surface area contributed by atoms with Gasteiger partial charge in [0.1, 0.15) is 0 Å². The van der Waals surface area contributed by atoms with Gasteiger partial charge in [-0.15, -0.1) is 0 Å². The van der Waals surface area contributed by atoms with Crippen LogP contribution in [-0.2, 0) is 0 Å². The zero-order valence-electron chi connectivity index (χ0n) is 5.88. The molecular formula is C6H3N5Se. The van der Waals surface area contributed by atoms with Crippen LogP contribution in [0.1, 0.15) is 0 Å². The standard InChI is InChI=1S/C6H3N5Se/c1-7-6-4-5(9-3-12-4)8-2-11(6)10-1/h1-3H. The van der Waals surface area contributed by atoms with Gasteiger partial charge in [0.15, 0.2) is 0 Å². The minimum atomic E-state index is 0.276. The Morgan fingerprint density at radius 2 is 2.25 bits per heavy atom. The molecule has 12 heavy (non-hydrogen) atoms. The van der Waals surface area contributed by atoms with Crippen molar-refractivity contribution in [3.8, 4) is 0 Å². The van der Waals surface area contributed by atoms with Gasteiger partial charge < -0.3 is 0 Å². The van der Waals surface area contributed by atoms with E-state index in [4.69, 9.17) is 0 Å². The molecule has 3 aromatic heterocycles. The molecule has 0 saturated heterocycles. The molecule has 3 aromatic rings. The number of hydrogen-bond donors (Lipinski definition) is 0. The second kappa shape index (κ2) is 2.12. The van der Waals surface area contributed by atoms with Crippen molar-refractivity contribution in [2.24, 2.45) is 0 Å². The molecule has 3 rings (SSSR count). The summed E-state index contributed by atoms with van der Waals surface area (Å²) in [6, 6.07) is 0. The molecule has 0 amide bonds. The number of aromatic nitrogens is 5. The number of hydrogen-bond acceptors (Lipinski definition) is 4. The van der Waals surface area contributed by atoms with Crippen LogP contribution in [0.2, 0.25) is 0 Å². The molecule has 3 heterocycles. The van der Waals surface area contributed by atoms with Crippen molar-refractivity contribution in [3.63, 3.8) is 0 Å². The Morgan fingerprint density at radius 3 is 3.25 bits per heavy atom. The fourth-order valence-electron chi connectivity index (χ4n) is 1.09. The number of fused-ring (bicyclic) bond motifs is 3. The fourth-order valence-corrected chi connectivity index (χ4v) is 2.60. The van der Waals surface area contributed by atoms with Gasteiger partial charge in [0.05, 0.1) is 0 Å². The summed E-state index contributed by atoms with van der Waals surface area (Å²) < 4.78 is 2.80. The van der Waals surface area contributed by atoms with Gasteiger partial charge in [-0.05, 0) is 0 Å². The summed E-state index contributed by atoms with van der Waals surface area (Å²) in [4.78, 5) is 12.4. The summed E-state index contributed by atoms with van der Waals surface area (Å²) in [5, 5.41) is 5.90. The van der Waals surface area contributed by atoms with Crippen molar-refractivity contribution >= 4 is 30.1 Å². The molecule has 0 bridgehead atoms. The van der Waals surface area contributed by atoms with Crippen LogP contribution in [0.3, 0.4) is 0 Å². The first kappa shape index (κ1) is 6.28. The van der Waals surface area contributed by atoms with Crippen LogP contribution in [0.4, 0.5) is 0 Å². The number of rotatable bonds is 0. The molecule has 6 heteroatoms. The van der Waals surface area contributed by atoms with Gasteiger partial charge in [0, 0.05) is 0 Å². The van der Waals surface area contributed by atoms with E-state index < -0.39 is 0 Å². The zero-order valence-corrected chi connectivity index (χ0v) is 7.59. The SMILES string of the molecule is c1nc2c3[se]cnc3ncn2n1. The van der Waals surface area contributed by atoms with E-state index in [-0.39, 0.29) is 14.5 Å². The Balaban J connectivity index is 2.71. The molecule has 0 radical (unpaired) electrons. The summed E-state index contributed by atoms with van der Waals surface area (Å²) in [6.45, 7) is 0. The van der Waals surface area contributed by atoms with Crippen LogP contribution in [-0.4, -0.2) is 39.1 Å². The average molecular weight is 224 g/mol. The van der Waals surface area contributed by atoms with Crippen LogP contribution < -0.4 is 0 Å². The van der Waals surface area contributed by atoms with Gasteiger partial charge in [-0.1, -0.05) is 0 Å². The quantitative estimate of drug-likeness (QED) is 0.493. The maximum absolute atomic E-state index is 4.14. The predicted octanol–water partition coefficient (Wildman–Crippen LogP) is -0.271. The van der Waals surface area contributed by atoms with Crippen molar-refractivity contribution in [2.45, 2.75) is 0 Å². The Kier molecular flexibility index (Phi) is 1.11. The molecular weight excluding hydrogens is 221 g/mol. The summed E-state index contributed by atoms with van der Waals surface area (Å²) in [5.41, 5.74) is 1.69. The van der Waals surface area contributed by atoms with E-state index in [0.717, 1.165) is 15.6 Å². The van der Waals surface area contributed by atoms with E-state index in [1.165, 1.54) is 6.33 Å². The molecule has 0 aromatic carbocycles. The van der Waals surface area contributed by atoms with E-state index >= 15 is 0 Å². The first-order valence-electron chi connectivity index (χ1n) is 3.33. The first-order chi connectivity index (χ1) is 5.95. The van der Waals surface area contributed by atoms with E-state index in [0.29, 0.717) is 0 Å². The topological polar surface area (TPSA) is 56.0 Å². The monoisotopic (exact) mass is 225 g/mol. The molecule has 5 nitrogen and oxygen atoms in total. The molecule has 0 aliphatic heterocycles. The molecule has 0 unspecified atom stereocenters. The van der Waals surface area contributed by atoms with Gasteiger partial charge in [-0.25, -0.2) is 0 Å². The van der Waals surface area contributed by atoms with Crippen molar-refractivity contribution in [3.05, 3.63) is 17.7 Å². The van der Waals surface area contributed by atoms with Gasteiger partial charge in [-0.3, -0.25) is 0 Å². The van der Waals surface area contributed by atoms with Crippen molar-refractivity contribution < 1.29 is 0 Å². The third-order valence-electron chi connectivity index (χ3n) is 1.61. The summed E-state index contributed by atoms with van der Waals surface area (Å²) in [6.07, 6.45) is 3.17. The predicted molar refractivity (Wildman–Crippen MR) is 43.0 cm³/mol. The van der Waals surface area contributed by atoms with E-state index in [1.54, 1.807) is 10.8 Å². The Bertz CT molecular complexity index is 489. The Labute approximate surface area is 72.8 Å². The second-order valence-electron chi connectivity index (χ2n) is 2.28. The normalized spacial score (nSPS) is 11.3. The molecule has 0 aliphatic rings. The van der Waals surface area contributed by atoms with E-state index in [1.807, 2.05) is 5.07 Å². The molecule has 0 N–H and O–H groups in total. The molecule has 0 fully saturated rings. The van der Waals surface area contributed by atoms with Gasteiger partial charge >= 0.3 is 72.3 Å². The minimum absolute atomic E-state index is 0.276. The van der Waals surface area contributed by atoms with Gasteiger partial charge in [0.25, 0.3) is 0 Å². The van der Waals surface area contributed by atoms with Crippen molar-refractivity contribution in [2.75, 3.05) is 0 Å². The van der Waals surface area contributed by atoms with E-state index in [9.17, 15) is 0 Å². The molecule has 58 valence electrons. The van der Waals surface area contributed by atoms with E-state index in [2.05, 4.69) is 20.1 Å². The third-order valence-corrected chi connectivity index (χ3v) is 3.32. The number of nitrogens with zero attached hydrogens (tertiary/aromatic N) is 5. The fraction of sp³-hybridized carbons (Fsp3) is 0. The molecule has 0 aliphatic carbocycles.